The van der Waals surface area contributed by atoms with E-state index in [0.29, 0.717) is 6.04 Å². The van der Waals surface area contributed by atoms with Crippen molar-refractivity contribution in [1.82, 2.24) is 15.1 Å². The summed E-state index contributed by atoms with van der Waals surface area (Å²) in [5, 5.41) is 7.81. The van der Waals surface area contributed by atoms with Crippen LogP contribution in [0, 0.1) is 6.92 Å². The van der Waals surface area contributed by atoms with Crippen LogP contribution in [-0.4, -0.2) is 23.4 Å². The molecule has 0 aliphatic carbocycles. The maximum absolute atomic E-state index is 5.53. The molecule has 0 radical (unpaired) electrons. The molecule has 0 spiro atoms. The predicted octanol–water partition coefficient (Wildman–Crippen LogP) is 3.02. The molecule has 0 saturated heterocycles. The average Bonchev–Trinajstić information content (AvgIpc) is 2.89. The largest absolute Gasteiger partial charge is 0.496 e. The first kappa shape index (κ1) is 15.6. The van der Waals surface area contributed by atoms with E-state index in [9.17, 15) is 0 Å². The Morgan fingerprint density at radius 1 is 1.33 bits per heavy atom. The first-order valence-electron chi connectivity index (χ1n) is 7.50. The molecule has 2 aromatic rings. The minimum absolute atomic E-state index is 0.291. The molecule has 4 heteroatoms. The molecular weight excluding hydrogens is 262 g/mol. The lowest BCUT2D eigenvalue weighted by atomic mass is 9.98. The zero-order chi connectivity index (χ0) is 15.2. The summed E-state index contributed by atoms with van der Waals surface area (Å²) < 4.78 is 7.47. The molecule has 0 aliphatic heterocycles. The third-order valence-electron chi connectivity index (χ3n) is 3.82. The first-order valence-corrected chi connectivity index (χ1v) is 7.50. The second kappa shape index (κ2) is 7.27. The molecule has 0 bridgehead atoms. The summed E-state index contributed by atoms with van der Waals surface area (Å²) in [5.41, 5.74) is 3.75. The third kappa shape index (κ3) is 3.85. The van der Waals surface area contributed by atoms with E-state index in [1.54, 1.807) is 7.11 Å². The number of benzene rings is 1. The minimum atomic E-state index is 0.291. The molecule has 114 valence electrons. The fourth-order valence-electron chi connectivity index (χ4n) is 2.68. The fraction of sp³-hybridized carbons (Fsp3) is 0.471. The summed E-state index contributed by atoms with van der Waals surface area (Å²) in [7, 11) is 3.73. The maximum Gasteiger partial charge on any atom is 0.123 e. The van der Waals surface area contributed by atoms with Crippen LogP contribution in [0.5, 0.6) is 5.75 Å². The molecular formula is C17H25N3O. The van der Waals surface area contributed by atoms with E-state index in [2.05, 4.69) is 48.5 Å². The lowest BCUT2D eigenvalue weighted by molar-refractivity contribution is 0.395. The van der Waals surface area contributed by atoms with Crippen molar-refractivity contribution < 1.29 is 4.74 Å². The Morgan fingerprint density at radius 3 is 2.76 bits per heavy atom. The number of nitrogens with zero attached hydrogens (tertiary/aromatic N) is 2. The van der Waals surface area contributed by atoms with E-state index < -0.39 is 0 Å². The molecule has 1 aromatic carbocycles. The van der Waals surface area contributed by atoms with Crippen molar-refractivity contribution in [3.63, 3.8) is 0 Å². The van der Waals surface area contributed by atoms with Crippen LogP contribution >= 0.6 is 0 Å². The fourth-order valence-corrected chi connectivity index (χ4v) is 2.68. The Kier molecular flexibility index (Phi) is 5.39. The van der Waals surface area contributed by atoms with Crippen molar-refractivity contribution in [3.05, 3.63) is 47.3 Å². The van der Waals surface area contributed by atoms with Crippen LogP contribution in [0.3, 0.4) is 0 Å². The van der Waals surface area contributed by atoms with Gasteiger partial charge in [-0.25, -0.2) is 0 Å². The van der Waals surface area contributed by atoms with Crippen LogP contribution in [0.4, 0.5) is 0 Å². The number of aromatic nitrogens is 2. The molecule has 0 aliphatic rings. The Hall–Kier alpha value is -1.81. The van der Waals surface area contributed by atoms with Gasteiger partial charge in [-0.1, -0.05) is 24.6 Å². The Morgan fingerprint density at radius 2 is 2.14 bits per heavy atom. The first-order chi connectivity index (χ1) is 10.2. The van der Waals surface area contributed by atoms with Gasteiger partial charge in [-0.2, -0.15) is 5.10 Å². The number of hydrogen-bond donors (Lipinski definition) is 1. The van der Waals surface area contributed by atoms with E-state index in [1.165, 1.54) is 16.8 Å². The molecule has 0 fully saturated rings. The van der Waals surface area contributed by atoms with Gasteiger partial charge in [0.2, 0.25) is 0 Å². The minimum Gasteiger partial charge on any atom is -0.496 e. The highest BCUT2D eigenvalue weighted by Gasteiger charge is 2.16. The summed E-state index contributed by atoms with van der Waals surface area (Å²) in [6.07, 6.45) is 3.86. The van der Waals surface area contributed by atoms with Gasteiger partial charge in [0.1, 0.15) is 5.75 Å². The maximum atomic E-state index is 5.53. The zero-order valence-electron chi connectivity index (χ0n) is 13.4. The van der Waals surface area contributed by atoms with Crippen LogP contribution in [0.1, 0.15) is 36.2 Å². The van der Waals surface area contributed by atoms with Gasteiger partial charge in [-0.15, -0.1) is 0 Å². The van der Waals surface area contributed by atoms with Crippen LogP contribution in [0.25, 0.3) is 0 Å². The quantitative estimate of drug-likeness (QED) is 0.851. The Labute approximate surface area is 127 Å². The van der Waals surface area contributed by atoms with E-state index >= 15 is 0 Å². The number of aryl methyl sites for hydroxylation is 3. The van der Waals surface area contributed by atoms with Crippen LogP contribution < -0.4 is 10.1 Å². The zero-order valence-corrected chi connectivity index (χ0v) is 13.4. The van der Waals surface area contributed by atoms with Gasteiger partial charge in [0.05, 0.1) is 7.11 Å². The SMILES string of the molecule is CCNC(CCc1ccnn1C)c1cc(C)ccc1OC. The second-order valence-corrected chi connectivity index (χ2v) is 5.34. The monoisotopic (exact) mass is 287 g/mol. The van der Waals surface area contributed by atoms with Crippen LogP contribution in [0.2, 0.25) is 0 Å². The lowest BCUT2D eigenvalue weighted by Gasteiger charge is -2.21. The molecule has 1 unspecified atom stereocenters. The third-order valence-corrected chi connectivity index (χ3v) is 3.82. The predicted molar refractivity (Wildman–Crippen MR) is 85.7 cm³/mol. The topological polar surface area (TPSA) is 39.1 Å². The lowest BCUT2D eigenvalue weighted by Crippen LogP contribution is -2.22. The molecule has 1 atom stereocenters. The molecule has 1 heterocycles. The van der Waals surface area contributed by atoms with E-state index in [4.69, 9.17) is 4.74 Å². The van der Waals surface area contributed by atoms with Crippen molar-refractivity contribution in [2.45, 2.75) is 32.7 Å². The summed E-state index contributed by atoms with van der Waals surface area (Å²) in [5.74, 6) is 0.955. The normalized spacial score (nSPS) is 12.4. The van der Waals surface area contributed by atoms with Crippen molar-refractivity contribution in [2.75, 3.05) is 13.7 Å². The second-order valence-electron chi connectivity index (χ2n) is 5.34. The van der Waals surface area contributed by atoms with Crippen molar-refractivity contribution in [1.29, 1.82) is 0 Å². The van der Waals surface area contributed by atoms with Gasteiger partial charge >= 0.3 is 0 Å². The van der Waals surface area contributed by atoms with Gasteiger partial charge in [-0.05, 0) is 38.4 Å². The van der Waals surface area contributed by atoms with Gasteiger partial charge in [0.25, 0.3) is 0 Å². The molecule has 21 heavy (non-hydrogen) atoms. The summed E-state index contributed by atoms with van der Waals surface area (Å²) in [4.78, 5) is 0. The highest BCUT2D eigenvalue weighted by Crippen LogP contribution is 2.29. The number of hydrogen-bond acceptors (Lipinski definition) is 3. The van der Waals surface area contributed by atoms with Crippen LogP contribution in [-0.2, 0) is 13.5 Å². The van der Waals surface area contributed by atoms with E-state index in [0.717, 1.165) is 25.1 Å². The smallest absolute Gasteiger partial charge is 0.123 e. The Balaban J connectivity index is 2.18. The number of nitrogens with one attached hydrogen (secondary N) is 1. The highest BCUT2D eigenvalue weighted by atomic mass is 16.5. The summed E-state index contributed by atoms with van der Waals surface area (Å²) in [6, 6.07) is 8.73. The Bertz CT molecular complexity index is 577. The molecule has 0 amide bonds. The summed E-state index contributed by atoms with van der Waals surface area (Å²) >= 11 is 0. The molecule has 0 saturated carbocycles. The molecule has 2 rings (SSSR count). The number of ether oxygens (including phenoxy) is 1. The standard InChI is InChI=1S/C17H25N3O/c1-5-18-16(8-7-14-10-11-19-20(14)3)15-12-13(2)6-9-17(15)21-4/h6,9-12,16,18H,5,7-8H2,1-4H3. The van der Waals surface area contributed by atoms with Crippen molar-refractivity contribution >= 4 is 0 Å². The molecule has 1 aromatic heterocycles. The highest BCUT2D eigenvalue weighted by molar-refractivity contribution is 5.39. The number of methoxy groups -OCH3 is 1. The molecule has 1 N–H and O–H groups in total. The van der Waals surface area contributed by atoms with E-state index in [1.807, 2.05) is 17.9 Å². The van der Waals surface area contributed by atoms with Crippen molar-refractivity contribution in [3.8, 4) is 5.75 Å². The van der Waals surface area contributed by atoms with Gasteiger partial charge < -0.3 is 10.1 Å². The number of rotatable bonds is 7. The van der Waals surface area contributed by atoms with E-state index in [-0.39, 0.29) is 0 Å². The molecule has 4 nitrogen and oxygen atoms in total. The van der Waals surface area contributed by atoms with Gasteiger partial charge in [0.15, 0.2) is 0 Å². The van der Waals surface area contributed by atoms with Crippen molar-refractivity contribution in [2.24, 2.45) is 7.05 Å². The van der Waals surface area contributed by atoms with Gasteiger partial charge in [-0.3, -0.25) is 4.68 Å². The van der Waals surface area contributed by atoms with Gasteiger partial charge in [0, 0.05) is 30.5 Å². The van der Waals surface area contributed by atoms with Crippen LogP contribution in [0.15, 0.2) is 30.5 Å². The summed E-state index contributed by atoms with van der Waals surface area (Å²) in [6.45, 7) is 5.19. The average molecular weight is 287 g/mol.